The fourth-order valence-corrected chi connectivity index (χ4v) is 4.96. The van der Waals surface area contributed by atoms with Crippen molar-refractivity contribution in [2.24, 2.45) is 5.92 Å². The Kier molecular flexibility index (Phi) is 8.65. The van der Waals surface area contributed by atoms with E-state index in [2.05, 4.69) is 15.0 Å². The normalized spacial score (nSPS) is 16.7. The number of nitrogens with one attached hydrogen (secondary N) is 2. The highest BCUT2D eigenvalue weighted by atomic mass is 32.2. The minimum Gasteiger partial charge on any atom is -0.497 e. The number of rotatable bonds is 11. The monoisotopic (exact) mass is 491 g/mol. The molecule has 10 heteroatoms. The quantitative estimate of drug-likeness (QED) is 0.412. The van der Waals surface area contributed by atoms with Gasteiger partial charge in [0, 0.05) is 17.5 Å². The molecule has 0 fully saturated rings. The summed E-state index contributed by atoms with van der Waals surface area (Å²) in [7, 11) is -2.68. The van der Waals surface area contributed by atoms with Gasteiger partial charge in [-0.05, 0) is 55.4 Å². The van der Waals surface area contributed by atoms with Crippen LogP contribution in [0, 0.1) is 5.92 Å². The number of hydrogen-bond donors (Lipinski definition) is 3. The zero-order valence-corrected chi connectivity index (χ0v) is 20.3. The van der Waals surface area contributed by atoms with Crippen LogP contribution in [0.2, 0.25) is 0 Å². The van der Waals surface area contributed by atoms with E-state index in [1.54, 1.807) is 19.3 Å². The first-order chi connectivity index (χ1) is 15.8. The van der Waals surface area contributed by atoms with E-state index in [0.717, 1.165) is 28.4 Å². The molecule has 1 unspecified atom stereocenters. The number of methoxy groups -OCH3 is 1. The van der Waals surface area contributed by atoms with Gasteiger partial charge in [0.1, 0.15) is 10.8 Å². The van der Waals surface area contributed by atoms with Gasteiger partial charge in [-0.1, -0.05) is 31.2 Å². The first-order valence-corrected chi connectivity index (χ1v) is 13.1. The van der Waals surface area contributed by atoms with Crippen molar-refractivity contribution < 1.29 is 22.5 Å². The van der Waals surface area contributed by atoms with Crippen molar-refractivity contribution in [1.82, 2.24) is 15.0 Å². The molecule has 2 atom stereocenters. The van der Waals surface area contributed by atoms with Crippen LogP contribution >= 0.6 is 11.3 Å². The molecule has 1 heterocycles. The molecule has 1 amide bonds. The number of amides is 1. The lowest BCUT2D eigenvalue weighted by Gasteiger charge is -2.23. The molecule has 0 saturated carbocycles. The predicted molar refractivity (Wildman–Crippen MR) is 128 cm³/mol. The Morgan fingerprint density at radius 2 is 2.09 bits per heavy atom. The molecule has 1 aromatic heterocycles. The Bertz CT molecular complexity index is 1110. The van der Waals surface area contributed by atoms with Crippen molar-refractivity contribution in [1.29, 1.82) is 0 Å². The van der Waals surface area contributed by atoms with Crippen LogP contribution in [-0.2, 0) is 27.9 Å². The second-order valence-electron chi connectivity index (χ2n) is 7.83. The molecule has 0 aliphatic heterocycles. The first kappa shape index (κ1) is 24.9. The van der Waals surface area contributed by atoms with Crippen LogP contribution in [0.15, 0.2) is 53.6 Å². The first-order valence-electron chi connectivity index (χ1n) is 10.8. The van der Waals surface area contributed by atoms with E-state index < -0.39 is 10.3 Å². The number of ether oxygens (including phenoxy) is 1. The molecule has 0 saturated heterocycles. The van der Waals surface area contributed by atoms with Gasteiger partial charge < -0.3 is 10.1 Å². The van der Waals surface area contributed by atoms with Crippen molar-refractivity contribution in [2.45, 2.75) is 45.1 Å². The lowest BCUT2D eigenvalue weighted by atomic mass is 9.92. The summed E-state index contributed by atoms with van der Waals surface area (Å²) in [6, 6.07) is 7.43. The average Bonchev–Trinajstić information content (AvgIpc) is 3.27. The van der Waals surface area contributed by atoms with Gasteiger partial charge in [0.15, 0.2) is 0 Å². The SMILES string of the molecule is CCc1csc([C@H](CC2C=CC(NS(=O)(=O)O)=CC2)NC(=O)CCc2ccc(OC)cc2)n1. The summed E-state index contributed by atoms with van der Waals surface area (Å²) >= 11 is 1.54. The highest BCUT2D eigenvalue weighted by Crippen LogP contribution is 2.29. The van der Waals surface area contributed by atoms with E-state index in [-0.39, 0.29) is 17.9 Å². The van der Waals surface area contributed by atoms with Crippen LogP contribution in [0.3, 0.4) is 0 Å². The standard InChI is InChI=1S/C23H29N3O5S2/c1-3-18-15-32-23(24-18)21(14-17-4-9-19(10-5-17)26-33(28,29)30)25-22(27)13-8-16-6-11-20(31-2)12-7-16/h4,6-7,9-12,15,17,21,26H,3,5,8,13-14H2,1-2H3,(H,25,27)(H,28,29,30)/t17?,21-/m0/s1. The highest BCUT2D eigenvalue weighted by Gasteiger charge is 2.23. The van der Waals surface area contributed by atoms with Crippen molar-refractivity contribution in [3.05, 3.63) is 69.8 Å². The van der Waals surface area contributed by atoms with Gasteiger partial charge in [-0.15, -0.1) is 11.3 Å². The molecule has 1 aliphatic rings. The van der Waals surface area contributed by atoms with Gasteiger partial charge in [0.05, 0.1) is 18.8 Å². The predicted octanol–water partition coefficient (Wildman–Crippen LogP) is 3.75. The maximum atomic E-state index is 12.8. The van der Waals surface area contributed by atoms with E-state index in [0.29, 0.717) is 31.4 Å². The fraction of sp³-hybridized carbons (Fsp3) is 0.391. The fourth-order valence-electron chi connectivity index (χ4n) is 3.55. The lowest BCUT2D eigenvalue weighted by molar-refractivity contribution is -0.121. The Balaban J connectivity index is 1.62. The number of aryl methyl sites for hydroxylation is 2. The topological polar surface area (TPSA) is 118 Å². The third-order valence-electron chi connectivity index (χ3n) is 5.34. The van der Waals surface area contributed by atoms with Gasteiger partial charge in [-0.2, -0.15) is 8.42 Å². The minimum atomic E-state index is -4.30. The minimum absolute atomic E-state index is 0.0480. The molecule has 3 N–H and O–H groups in total. The Labute approximate surface area is 198 Å². The van der Waals surface area contributed by atoms with Gasteiger partial charge in [0.2, 0.25) is 5.91 Å². The molecule has 0 radical (unpaired) electrons. The lowest BCUT2D eigenvalue weighted by Crippen LogP contribution is -2.30. The van der Waals surface area contributed by atoms with Crippen LogP contribution < -0.4 is 14.8 Å². The molecule has 1 aliphatic carbocycles. The molecule has 8 nitrogen and oxygen atoms in total. The number of aromatic nitrogens is 1. The summed E-state index contributed by atoms with van der Waals surface area (Å²) in [5.41, 5.74) is 2.38. The maximum Gasteiger partial charge on any atom is 0.357 e. The average molecular weight is 492 g/mol. The second-order valence-corrected chi connectivity index (χ2v) is 9.87. The molecular formula is C23H29N3O5S2. The third-order valence-corrected chi connectivity index (χ3v) is 6.84. The van der Waals surface area contributed by atoms with E-state index in [1.165, 1.54) is 11.3 Å². The van der Waals surface area contributed by atoms with Gasteiger partial charge in [-0.3, -0.25) is 14.1 Å². The maximum absolute atomic E-state index is 12.8. The number of carbonyl (C=O) groups is 1. The van der Waals surface area contributed by atoms with E-state index in [9.17, 15) is 13.2 Å². The number of hydrogen-bond acceptors (Lipinski definition) is 6. The molecule has 3 rings (SSSR count). The van der Waals surface area contributed by atoms with Gasteiger partial charge >= 0.3 is 10.3 Å². The molecule has 0 bridgehead atoms. The number of benzene rings is 1. The Hall–Kier alpha value is -2.69. The number of nitrogens with zero attached hydrogens (tertiary/aromatic N) is 1. The van der Waals surface area contributed by atoms with Crippen LogP contribution in [0.5, 0.6) is 5.75 Å². The van der Waals surface area contributed by atoms with Crippen molar-refractivity contribution in [3.8, 4) is 5.75 Å². The largest absolute Gasteiger partial charge is 0.497 e. The second kappa shape index (κ2) is 11.4. The molecular weight excluding hydrogens is 462 g/mol. The Morgan fingerprint density at radius 1 is 1.33 bits per heavy atom. The van der Waals surface area contributed by atoms with Gasteiger partial charge in [-0.25, -0.2) is 4.98 Å². The highest BCUT2D eigenvalue weighted by molar-refractivity contribution is 7.83. The van der Waals surface area contributed by atoms with Crippen molar-refractivity contribution in [2.75, 3.05) is 7.11 Å². The molecule has 33 heavy (non-hydrogen) atoms. The summed E-state index contributed by atoms with van der Waals surface area (Å²) in [4.78, 5) is 17.4. The summed E-state index contributed by atoms with van der Waals surface area (Å²) in [6.45, 7) is 2.04. The van der Waals surface area contributed by atoms with Crippen molar-refractivity contribution in [3.63, 3.8) is 0 Å². The van der Waals surface area contributed by atoms with Crippen molar-refractivity contribution >= 4 is 27.5 Å². The summed E-state index contributed by atoms with van der Waals surface area (Å²) in [5, 5.41) is 6.01. The van der Waals surface area contributed by atoms with Crippen LogP contribution in [0.25, 0.3) is 0 Å². The number of carbonyl (C=O) groups excluding carboxylic acids is 1. The third kappa shape index (κ3) is 7.99. The Morgan fingerprint density at radius 3 is 2.67 bits per heavy atom. The van der Waals surface area contributed by atoms with Crippen LogP contribution in [0.4, 0.5) is 0 Å². The van der Waals surface area contributed by atoms with E-state index in [4.69, 9.17) is 9.29 Å². The zero-order chi connectivity index (χ0) is 23.8. The van der Waals surface area contributed by atoms with Crippen LogP contribution in [0.1, 0.15) is 48.5 Å². The number of thiazole rings is 1. The summed E-state index contributed by atoms with van der Waals surface area (Å²) in [6.07, 6.45) is 8.26. The summed E-state index contributed by atoms with van der Waals surface area (Å²) in [5.74, 6) is 0.828. The smallest absolute Gasteiger partial charge is 0.357 e. The summed E-state index contributed by atoms with van der Waals surface area (Å²) < 4.78 is 38.2. The molecule has 2 aromatic rings. The van der Waals surface area contributed by atoms with E-state index >= 15 is 0 Å². The van der Waals surface area contributed by atoms with E-state index in [1.807, 2.05) is 42.6 Å². The van der Waals surface area contributed by atoms with Crippen LogP contribution in [-0.4, -0.2) is 31.0 Å². The number of allylic oxidation sites excluding steroid dienone is 3. The molecule has 178 valence electrons. The molecule has 1 aromatic carbocycles. The van der Waals surface area contributed by atoms with Gasteiger partial charge in [0.25, 0.3) is 0 Å². The zero-order valence-electron chi connectivity index (χ0n) is 18.7. The molecule has 0 spiro atoms.